The van der Waals surface area contributed by atoms with Crippen molar-refractivity contribution in [1.29, 1.82) is 0 Å². The molecular formula is C56H76Cl2N6O13S4. The van der Waals surface area contributed by atoms with E-state index in [9.17, 15) is 44.4 Å². The summed E-state index contributed by atoms with van der Waals surface area (Å²) < 4.78 is 12.2. The first-order valence-corrected chi connectivity index (χ1v) is 30.6. The van der Waals surface area contributed by atoms with E-state index in [4.69, 9.17) is 48.3 Å². The average molecular weight is 1240 g/mol. The number of carboxylic acid groups (broad SMARTS) is 1. The Hall–Kier alpha value is -5.34. The Morgan fingerprint density at radius 1 is 0.691 bits per heavy atom. The molecule has 2 amide bonds. The number of aromatic nitrogens is 2. The monoisotopic (exact) mass is 1240 g/mol. The van der Waals surface area contributed by atoms with Crippen LogP contribution in [0.4, 0.5) is 9.59 Å². The first-order valence-electron chi connectivity index (χ1n) is 25.9. The number of benzene rings is 4. The van der Waals surface area contributed by atoms with E-state index in [2.05, 4.69) is 15.3 Å². The molecular weight excluding hydrogens is 1160 g/mol. The summed E-state index contributed by atoms with van der Waals surface area (Å²) in [4.78, 5) is 75.3. The van der Waals surface area contributed by atoms with Crippen molar-refractivity contribution < 1.29 is 54.2 Å². The molecule has 6 rings (SSSR count). The van der Waals surface area contributed by atoms with E-state index < -0.39 is 29.4 Å². The fourth-order valence-corrected chi connectivity index (χ4v) is 11.0. The standard InChI is InChI=1S/C27H36ClN3O5S2.C18H26ClNO3S.C9H10N2O3S.C2H4O2/c1-27(2,3)36-26(35)31(14-11-18-7-4-5-8-20(18)28)13-6-15-37-16-12-29-17-22(33)19-9-10-21(32)23-24(19)38-25(34)30-23;1-18(2,3)23-17(22)20(10-6-13-24-14-12-21)11-9-15-7-4-5-8-16(15)19;10-3-6(13)4-1-2-5(12)7-8(4)15-9(14)11-7;1-2(3)4/h4-5,7-10,22,29,32-33H,6,11-17H2,1-3H3,(H,30,34);4-5,7-8,12H,6,9-11,13-14H2,1-3H3;1-2,6,12-13H,3,10H2,(H,11,14);1H3,(H,3,4)/t22-;;6-;/m0.0./s1. The van der Waals surface area contributed by atoms with Gasteiger partial charge in [-0.3, -0.25) is 14.4 Å². The highest BCUT2D eigenvalue weighted by atomic mass is 35.5. The molecule has 0 spiro atoms. The summed E-state index contributed by atoms with van der Waals surface area (Å²) in [6, 6.07) is 21.4. The van der Waals surface area contributed by atoms with Crippen LogP contribution in [0.25, 0.3) is 20.4 Å². The molecule has 0 aliphatic carbocycles. The second kappa shape index (κ2) is 35.6. The van der Waals surface area contributed by atoms with Crippen molar-refractivity contribution in [1.82, 2.24) is 25.1 Å². The Labute approximate surface area is 498 Å². The Morgan fingerprint density at radius 3 is 1.52 bits per heavy atom. The van der Waals surface area contributed by atoms with Gasteiger partial charge in [-0.05, 0) is 114 Å². The molecule has 446 valence electrons. The number of ether oxygens (including phenoxy) is 2. The SMILES string of the molecule is CC(=O)O.CC(C)(C)OC(=O)N(CCCSCC=O)CCc1ccccc1Cl.CC(C)(C)OC(=O)N(CCCSCCNC[C@H](O)c1ccc(O)c2[nH]c(=O)sc12)CCc1ccccc1Cl.NC[C@H](O)c1ccc(O)c2[nH]c(=O)sc12. The largest absolute Gasteiger partial charge is 0.506 e. The number of thioether (sulfide) groups is 2. The first-order chi connectivity index (χ1) is 38.2. The number of hydrogen-bond donors (Lipinski definition) is 9. The summed E-state index contributed by atoms with van der Waals surface area (Å²) >= 11 is 17.7. The Morgan fingerprint density at radius 2 is 1.11 bits per heavy atom. The van der Waals surface area contributed by atoms with Gasteiger partial charge in [0.05, 0.1) is 21.6 Å². The Bertz CT molecular complexity index is 3030. The van der Waals surface area contributed by atoms with E-state index in [1.165, 1.54) is 12.1 Å². The minimum absolute atomic E-state index is 0.00341. The van der Waals surface area contributed by atoms with Crippen molar-refractivity contribution in [3.05, 3.63) is 124 Å². The number of aliphatic hydroxyl groups excluding tert-OH is 2. The third kappa shape index (κ3) is 26.2. The van der Waals surface area contributed by atoms with Crippen LogP contribution in [0.5, 0.6) is 11.5 Å². The van der Waals surface area contributed by atoms with E-state index in [0.717, 1.165) is 77.1 Å². The van der Waals surface area contributed by atoms with Crippen molar-refractivity contribution >= 4 is 114 Å². The maximum Gasteiger partial charge on any atom is 0.410 e. The molecule has 0 aliphatic heterocycles. The van der Waals surface area contributed by atoms with Gasteiger partial charge >= 0.3 is 21.9 Å². The number of carbonyl (C=O) groups excluding carboxylic acids is 3. The number of aromatic amines is 2. The number of halogens is 2. The normalized spacial score (nSPS) is 12.0. The maximum atomic E-state index is 12.8. The summed E-state index contributed by atoms with van der Waals surface area (Å²) in [5.41, 5.74) is 8.17. The summed E-state index contributed by atoms with van der Waals surface area (Å²) in [6.07, 6.45) is 1.64. The van der Waals surface area contributed by atoms with Gasteiger partial charge in [0.2, 0.25) is 0 Å². The molecule has 0 bridgehead atoms. The summed E-state index contributed by atoms with van der Waals surface area (Å²) in [7, 11) is 0. The first kappa shape index (κ1) is 69.9. The molecule has 10 N–H and O–H groups in total. The Kier molecular flexibility index (Phi) is 30.7. The second-order valence-electron chi connectivity index (χ2n) is 20.0. The summed E-state index contributed by atoms with van der Waals surface area (Å²) in [5.74, 6) is 2.22. The van der Waals surface area contributed by atoms with E-state index in [0.29, 0.717) is 99.5 Å². The lowest BCUT2D eigenvalue weighted by Crippen LogP contribution is -2.38. The number of nitrogens with two attached hydrogens (primary N) is 1. The van der Waals surface area contributed by atoms with Gasteiger partial charge in [0.1, 0.15) is 40.0 Å². The number of aldehydes is 1. The number of aromatic hydroxyl groups is 2. The van der Waals surface area contributed by atoms with Crippen LogP contribution in [-0.4, -0.2) is 150 Å². The number of rotatable bonds is 24. The van der Waals surface area contributed by atoms with Crippen molar-refractivity contribution in [2.75, 3.05) is 68.8 Å². The van der Waals surface area contributed by atoms with E-state index in [1.54, 1.807) is 45.5 Å². The third-order valence-electron chi connectivity index (χ3n) is 11.0. The number of carbonyl (C=O) groups is 4. The quantitative estimate of drug-likeness (QED) is 0.0201. The lowest BCUT2D eigenvalue weighted by atomic mass is 10.1. The van der Waals surface area contributed by atoms with Crippen LogP contribution in [0.1, 0.15) is 95.8 Å². The zero-order chi connectivity index (χ0) is 60.3. The highest BCUT2D eigenvalue weighted by Gasteiger charge is 2.24. The van der Waals surface area contributed by atoms with Gasteiger partial charge in [-0.25, -0.2) is 9.59 Å². The molecule has 81 heavy (non-hydrogen) atoms. The zero-order valence-corrected chi connectivity index (χ0v) is 51.4. The van der Waals surface area contributed by atoms with Gasteiger partial charge in [-0.2, -0.15) is 23.5 Å². The number of phenols is 2. The van der Waals surface area contributed by atoms with E-state index in [1.807, 2.05) is 90.1 Å². The molecule has 0 unspecified atom stereocenters. The molecule has 0 saturated carbocycles. The van der Waals surface area contributed by atoms with Gasteiger partial charge in [-0.15, -0.1) is 0 Å². The van der Waals surface area contributed by atoms with Crippen LogP contribution in [-0.2, 0) is 31.9 Å². The maximum absolute atomic E-state index is 12.8. The minimum atomic E-state index is -0.833. The van der Waals surface area contributed by atoms with Crippen LogP contribution in [0.2, 0.25) is 10.0 Å². The molecule has 0 aliphatic rings. The van der Waals surface area contributed by atoms with Crippen molar-refractivity contribution in [2.24, 2.45) is 5.73 Å². The number of fused-ring (bicyclic) bond motifs is 2. The van der Waals surface area contributed by atoms with Gasteiger partial charge in [-0.1, -0.05) is 94.4 Å². The van der Waals surface area contributed by atoms with Gasteiger partial charge < -0.3 is 70.6 Å². The molecule has 0 fully saturated rings. The number of hydrogen-bond acceptors (Lipinski definition) is 18. The van der Waals surface area contributed by atoms with Crippen LogP contribution in [0.15, 0.2) is 82.4 Å². The lowest BCUT2D eigenvalue weighted by Gasteiger charge is -2.27. The van der Waals surface area contributed by atoms with Gasteiger partial charge in [0, 0.05) is 85.4 Å². The Balaban J connectivity index is 0.000000339. The molecule has 0 saturated heterocycles. The van der Waals surface area contributed by atoms with Crippen molar-refractivity contribution in [3.8, 4) is 11.5 Å². The number of aliphatic hydroxyl groups is 2. The molecule has 2 atom stereocenters. The smallest absolute Gasteiger partial charge is 0.410 e. The molecule has 2 aromatic heterocycles. The zero-order valence-electron chi connectivity index (χ0n) is 46.6. The molecule has 4 aromatic carbocycles. The number of nitrogens with zero attached hydrogens (tertiary/aromatic N) is 2. The number of phenolic OH excluding ortho intramolecular Hbond substituents is 2. The van der Waals surface area contributed by atoms with Crippen LogP contribution in [0.3, 0.4) is 0 Å². The third-order valence-corrected chi connectivity index (χ3v) is 15.6. The van der Waals surface area contributed by atoms with Crippen LogP contribution < -0.4 is 20.8 Å². The minimum Gasteiger partial charge on any atom is -0.506 e. The fraction of sp³-hybridized carbons (Fsp3) is 0.464. The molecule has 2 heterocycles. The summed E-state index contributed by atoms with van der Waals surface area (Å²) in [5, 5.41) is 51.7. The molecule has 25 heteroatoms. The summed E-state index contributed by atoms with van der Waals surface area (Å²) in [6.45, 7) is 15.6. The van der Waals surface area contributed by atoms with E-state index in [-0.39, 0.29) is 40.0 Å². The van der Waals surface area contributed by atoms with Crippen molar-refractivity contribution in [3.63, 3.8) is 0 Å². The molecule has 0 radical (unpaired) electrons. The highest BCUT2D eigenvalue weighted by molar-refractivity contribution is 7.99. The number of aliphatic carboxylic acids is 1. The second-order valence-corrected chi connectivity index (χ2v) is 25.1. The molecule has 19 nitrogen and oxygen atoms in total. The average Bonchev–Trinajstić information content (AvgIpc) is 4.19. The van der Waals surface area contributed by atoms with Gasteiger partial charge in [0.15, 0.2) is 0 Å². The van der Waals surface area contributed by atoms with Gasteiger partial charge in [0.25, 0.3) is 5.97 Å². The number of nitrogens with one attached hydrogen (secondary N) is 3. The van der Waals surface area contributed by atoms with Crippen LogP contribution >= 0.6 is 69.4 Å². The van der Waals surface area contributed by atoms with E-state index >= 15 is 0 Å². The molecule has 6 aromatic rings. The number of H-pyrrole nitrogens is 2. The lowest BCUT2D eigenvalue weighted by molar-refractivity contribution is -0.134. The van der Waals surface area contributed by atoms with Crippen molar-refractivity contribution in [2.45, 2.75) is 97.6 Å². The number of amides is 2. The predicted molar refractivity (Wildman–Crippen MR) is 329 cm³/mol. The van der Waals surface area contributed by atoms with Crippen LogP contribution in [0, 0.1) is 0 Å². The highest BCUT2D eigenvalue weighted by Crippen LogP contribution is 2.32. The number of thiazole rings is 2. The predicted octanol–water partition coefficient (Wildman–Crippen LogP) is 9.99. The fourth-order valence-electron chi connectivity index (χ4n) is 7.33. The number of carboxylic acids is 1. The topological polar surface area (TPSA) is 298 Å².